The number of anilines is 1. The number of nitrogen functional groups attached to an aromatic ring is 1. The average Bonchev–Trinajstić information content (AvgIpc) is 2.67. The number of pyridine rings is 1. The number of rotatable bonds is 3. The molecule has 1 aliphatic rings. The van der Waals surface area contributed by atoms with E-state index in [2.05, 4.69) is 10.1 Å². The van der Waals surface area contributed by atoms with Crippen LogP contribution >= 0.6 is 0 Å². The van der Waals surface area contributed by atoms with Crippen LogP contribution in [-0.2, 0) is 6.42 Å². The second-order valence-electron chi connectivity index (χ2n) is 5.67. The number of hydrogen-bond acceptors (Lipinski definition) is 4. The van der Waals surface area contributed by atoms with Gasteiger partial charge in [-0.15, -0.1) is 0 Å². The van der Waals surface area contributed by atoms with Crippen LogP contribution < -0.4 is 5.73 Å². The molecule has 1 saturated carbocycles. The fraction of sp³-hybridized carbons (Fsp3) is 0.500. The van der Waals surface area contributed by atoms with Crippen LogP contribution in [0.5, 0.6) is 0 Å². The lowest BCUT2D eigenvalue weighted by molar-refractivity contribution is 0.403. The van der Waals surface area contributed by atoms with Gasteiger partial charge < -0.3 is 10.3 Å². The molecule has 0 saturated heterocycles. The number of aromatic nitrogens is 2. The highest BCUT2D eigenvalue weighted by molar-refractivity contribution is 5.74. The third kappa shape index (κ3) is 2.84. The van der Waals surface area contributed by atoms with Crippen molar-refractivity contribution in [2.24, 2.45) is 5.92 Å². The monoisotopic (exact) mass is 271 g/mol. The molecule has 2 aromatic heterocycles. The van der Waals surface area contributed by atoms with Crippen molar-refractivity contribution < 1.29 is 4.52 Å². The maximum Gasteiger partial charge on any atom is 0.230 e. The third-order valence-corrected chi connectivity index (χ3v) is 4.20. The van der Waals surface area contributed by atoms with E-state index in [4.69, 9.17) is 10.3 Å². The van der Waals surface area contributed by atoms with Crippen LogP contribution in [0, 0.1) is 5.92 Å². The van der Waals surface area contributed by atoms with E-state index in [-0.39, 0.29) is 0 Å². The van der Waals surface area contributed by atoms with Gasteiger partial charge in [0.15, 0.2) is 0 Å². The van der Waals surface area contributed by atoms with E-state index in [1.54, 1.807) is 6.20 Å². The normalized spacial score (nSPS) is 17.0. The topological polar surface area (TPSA) is 64.9 Å². The Morgan fingerprint density at radius 3 is 2.70 bits per heavy atom. The maximum absolute atomic E-state index is 5.95. The lowest BCUT2D eigenvalue weighted by Crippen LogP contribution is -2.04. The van der Waals surface area contributed by atoms with Gasteiger partial charge in [-0.1, -0.05) is 49.7 Å². The Balaban J connectivity index is 1.83. The van der Waals surface area contributed by atoms with E-state index in [0.29, 0.717) is 11.8 Å². The van der Waals surface area contributed by atoms with Crippen molar-refractivity contribution in [1.29, 1.82) is 0 Å². The molecule has 20 heavy (non-hydrogen) atoms. The molecule has 0 bridgehead atoms. The summed E-state index contributed by atoms with van der Waals surface area (Å²) in [5, 5.41) is 4.19. The molecule has 0 aliphatic heterocycles. The third-order valence-electron chi connectivity index (χ3n) is 4.20. The highest BCUT2D eigenvalue weighted by Gasteiger charge is 2.20. The molecular weight excluding hydrogens is 250 g/mol. The zero-order chi connectivity index (χ0) is 13.8. The summed E-state index contributed by atoms with van der Waals surface area (Å²) in [7, 11) is 0. The van der Waals surface area contributed by atoms with Crippen LogP contribution in [-0.4, -0.2) is 10.1 Å². The van der Waals surface area contributed by atoms with Gasteiger partial charge in [-0.05, 0) is 18.4 Å². The molecule has 2 heterocycles. The fourth-order valence-corrected chi connectivity index (χ4v) is 3.14. The molecule has 1 fully saturated rings. The van der Waals surface area contributed by atoms with Crippen LogP contribution in [0.2, 0.25) is 0 Å². The first-order valence-corrected chi connectivity index (χ1v) is 7.49. The molecule has 0 radical (unpaired) electrons. The molecule has 0 unspecified atom stereocenters. The minimum Gasteiger partial charge on any atom is -0.367 e. The van der Waals surface area contributed by atoms with Gasteiger partial charge in [0, 0.05) is 18.0 Å². The summed E-state index contributed by atoms with van der Waals surface area (Å²) in [4.78, 5) is 4.16. The Bertz CT molecular complexity index is 542. The summed E-state index contributed by atoms with van der Waals surface area (Å²) in [5.74, 6) is 1.11. The minimum absolute atomic E-state index is 0.404. The summed E-state index contributed by atoms with van der Waals surface area (Å²) in [6, 6.07) is 3.92. The maximum atomic E-state index is 5.95. The van der Waals surface area contributed by atoms with Crippen molar-refractivity contribution in [3.63, 3.8) is 0 Å². The van der Waals surface area contributed by atoms with E-state index in [9.17, 15) is 0 Å². The number of hydrogen-bond donors (Lipinski definition) is 1. The van der Waals surface area contributed by atoms with Crippen molar-refractivity contribution in [2.45, 2.75) is 44.9 Å². The smallest absolute Gasteiger partial charge is 0.230 e. The first-order chi connectivity index (χ1) is 9.84. The molecule has 0 aromatic carbocycles. The summed E-state index contributed by atoms with van der Waals surface area (Å²) < 4.78 is 5.22. The van der Waals surface area contributed by atoms with E-state index >= 15 is 0 Å². The molecule has 4 heteroatoms. The van der Waals surface area contributed by atoms with E-state index < -0.39 is 0 Å². The van der Waals surface area contributed by atoms with Crippen LogP contribution in [0.1, 0.15) is 44.2 Å². The lowest BCUT2D eigenvalue weighted by atomic mass is 9.92. The quantitative estimate of drug-likeness (QED) is 0.861. The second kappa shape index (κ2) is 6.07. The van der Waals surface area contributed by atoms with Gasteiger partial charge in [-0.2, -0.15) is 0 Å². The Kier molecular flexibility index (Phi) is 4.00. The predicted octanol–water partition coefficient (Wildman–Crippen LogP) is 3.83. The summed E-state index contributed by atoms with van der Waals surface area (Å²) in [5.41, 5.74) is 8.87. The van der Waals surface area contributed by atoms with Gasteiger partial charge in [0.1, 0.15) is 0 Å². The predicted molar refractivity (Wildman–Crippen MR) is 79.0 cm³/mol. The van der Waals surface area contributed by atoms with Crippen molar-refractivity contribution >= 4 is 5.88 Å². The highest BCUT2D eigenvalue weighted by Crippen LogP contribution is 2.33. The van der Waals surface area contributed by atoms with Crippen LogP contribution in [0.3, 0.4) is 0 Å². The Morgan fingerprint density at radius 1 is 1.20 bits per heavy atom. The van der Waals surface area contributed by atoms with Crippen molar-refractivity contribution in [2.75, 3.05) is 5.73 Å². The van der Waals surface area contributed by atoms with E-state index in [1.165, 1.54) is 38.5 Å². The van der Waals surface area contributed by atoms with Gasteiger partial charge in [0.25, 0.3) is 0 Å². The Labute approximate surface area is 119 Å². The molecule has 4 nitrogen and oxygen atoms in total. The lowest BCUT2D eigenvalue weighted by Gasteiger charge is -2.12. The zero-order valence-corrected chi connectivity index (χ0v) is 11.7. The van der Waals surface area contributed by atoms with Crippen LogP contribution in [0.15, 0.2) is 29.0 Å². The summed E-state index contributed by atoms with van der Waals surface area (Å²) >= 11 is 0. The molecule has 1 aliphatic carbocycles. The van der Waals surface area contributed by atoms with Crippen molar-refractivity contribution in [3.05, 3.63) is 30.2 Å². The SMILES string of the molecule is Nc1onc(CC2CCCCCC2)c1-c1cccnc1. The molecule has 2 aromatic rings. The first kappa shape index (κ1) is 13.2. The fourth-order valence-electron chi connectivity index (χ4n) is 3.14. The molecule has 2 N–H and O–H groups in total. The average molecular weight is 271 g/mol. The standard InChI is InChI=1S/C16H21N3O/c17-16-15(13-8-5-9-18-11-13)14(19-20-16)10-12-6-3-1-2-4-7-12/h5,8-9,11-12H,1-4,6-7,10,17H2. The highest BCUT2D eigenvalue weighted by atomic mass is 16.5. The summed E-state index contributed by atoms with van der Waals surface area (Å²) in [6.07, 6.45) is 12.5. The molecule has 3 rings (SSSR count). The zero-order valence-electron chi connectivity index (χ0n) is 11.7. The van der Waals surface area contributed by atoms with Gasteiger partial charge in [0.2, 0.25) is 5.88 Å². The molecule has 106 valence electrons. The Hall–Kier alpha value is -1.84. The summed E-state index contributed by atoms with van der Waals surface area (Å²) in [6.45, 7) is 0. The van der Waals surface area contributed by atoms with Crippen LogP contribution in [0.25, 0.3) is 11.1 Å². The molecule has 0 amide bonds. The van der Waals surface area contributed by atoms with Gasteiger partial charge in [-0.3, -0.25) is 4.98 Å². The number of nitrogens with two attached hydrogens (primary N) is 1. The first-order valence-electron chi connectivity index (χ1n) is 7.49. The number of nitrogens with zero attached hydrogens (tertiary/aromatic N) is 2. The second-order valence-corrected chi connectivity index (χ2v) is 5.67. The molecular formula is C16H21N3O. The van der Waals surface area contributed by atoms with Crippen LogP contribution in [0.4, 0.5) is 5.88 Å². The van der Waals surface area contributed by atoms with Gasteiger partial charge in [0.05, 0.1) is 11.3 Å². The Morgan fingerprint density at radius 2 is 2.00 bits per heavy atom. The van der Waals surface area contributed by atoms with E-state index in [1.807, 2.05) is 18.3 Å². The minimum atomic E-state index is 0.404. The van der Waals surface area contributed by atoms with Crippen molar-refractivity contribution in [1.82, 2.24) is 10.1 Å². The molecule has 0 spiro atoms. The molecule has 0 atom stereocenters. The van der Waals surface area contributed by atoms with Gasteiger partial charge >= 0.3 is 0 Å². The van der Waals surface area contributed by atoms with Crippen molar-refractivity contribution in [3.8, 4) is 11.1 Å². The largest absolute Gasteiger partial charge is 0.367 e. The van der Waals surface area contributed by atoms with E-state index in [0.717, 1.165) is 23.2 Å². The van der Waals surface area contributed by atoms with Gasteiger partial charge in [-0.25, -0.2) is 0 Å².